The van der Waals surface area contributed by atoms with Crippen molar-refractivity contribution < 1.29 is 23.5 Å². The van der Waals surface area contributed by atoms with Gasteiger partial charge in [-0.15, -0.1) is 0 Å². The predicted molar refractivity (Wildman–Crippen MR) is 130 cm³/mol. The number of hydrogen-bond acceptors (Lipinski definition) is 7. The molecule has 1 aromatic heterocycles. The predicted octanol–water partition coefficient (Wildman–Crippen LogP) is 3.50. The van der Waals surface area contributed by atoms with E-state index in [2.05, 4.69) is 10.3 Å². The van der Waals surface area contributed by atoms with Crippen LogP contribution in [0.5, 0.6) is 0 Å². The van der Waals surface area contributed by atoms with Crippen LogP contribution in [0.2, 0.25) is 0 Å². The molecule has 0 saturated carbocycles. The van der Waals surface area contributed by atoms with Crippen LogP contribution < -0.4 is 10.2 Å². The van der Waals surface area contributed by atoms with Gasteiger partial charge in [-0.05, 0) is 25.5 Å². The van der Waals surface area contributed by atoms with Crippen LogP contribution in [0.1, 0.15) is 30.5 Å². The number of ether oxygens (including phenoxy) is 1. The Bertz CT molecular complexity index is 1520. The van der Waals surface area contributed by atoms with E-state index < -0.39 is 17.9 Å². The molecule has 6 rings (SSSR count). The Morgan fingerprint density at radius 1 is 1.09 bits per heavy atom. The molecule has 0 saturated heterocycles. The van der Waals surface area contributed by atoms with Crippen LogP contribution in [0.3, 0.4) is 0 Å². The van der Waals surface area contributed by atoms with Crippen molar-refractivity contribution in [1.29, 1.82) is 0 Å². The van der Waals surface area contributed by atoms with Gasteiger partial charge in [0.15, 0.2) is 0 Å². The number of amides is 2. The van der Waals surface area contributed by atoms with Crippen LogP contribution >= 0.6 is 0 Å². The molecule has 4 heterocycles. The standard InChI is InChI=1S/C27H21N3O5/c1-14(2)35-27(33)19-13-16-6-4-8-18-22(28-10-11-30(19)23(16)18)21-20(25(31)29-26(21)32)17-7-3-5-15-9-12-34-24(15)17/h3-12,14,19H,13H2,1-2H3,(H,29,31,32). The van der Waals surface area contributed by atoms with Crippen molar-refractivity contribution in [3.05, 3.63) is 83.4 Å². The van der Waals surface area contributed by atoms with Crippen molar-refractivity contribution in [3.8, 4) is 0 Å². The number of nitrogens with one attached hydrogen (secondary N) is 1. The van der Waals surface area contributed by atoms with E-state index in [1.165, 1.54) is 0 Å². The molecule has 0 fully saturated rings. The Morgan fingerprint density at radius 3 is 2.69 bits per heavy atom. The summed E-state index contributed by atoms with van der Waals surface area (Å²) < 4.78 is 11.1. The van der Waals surface area contributed by atoms with E-state index >= 15 is 0 Å². The summed E-state index contributed by atoms with van der Waals surface area (Å²) in [7, 11) is 0. The van der Waals surface area contributed by atoms with Gasteiger partial charge in [-0.2, -0.15) is 0 Å². The fourth-order valence-corrected chi connectivity index (χ4v) is 4.98. The minimum Gasteiger partial charge on any atom is -0.464 e. The average Bonchev–Trinajstić information content (AvgIpc) is 3.48. The lowest BCUT2D eigenvalue weighted by Crippen LogP contribution is -2.37. The van der Waals surface area contributed by atoms with Crippen LogP contribution in [-0.4, -0.2) is 35.6 Å². The summed E-state index contributed by atoms with van der Waals surface area (Å²) in [6.07, 6.45) is 5.05. The molecule has 1 atom stereocenters. The first-order chi connectivity index (χ1) is 16.9. The minimum atomic E-state index is -0.538. The number of carbonyl (C=O) groups excluding carboxylic acids is 3. The van der Waals surface area contributed by atoms with Crippen molar-refractivity contribution in [3.63, 3.8) is 0 Å². The first kappa shape index (κ1) is 21.1. The molecule has 174 valence electrons. The highest BCUT2D eigenvalue weighted by atomic mass is 16.5. The fraction of sp³-hybridized carbons (Fsp3) is 0.185. The summed E-state index contributed by atoms with van der Waals surface area (Å²) in [5, 5.41) is 3.25. The second-order valence-corrected chi connectivity index (χ2v) is 8.88. The molecule has 3 aliphatic heterocycles. The molecule has 8 nitrogen and oxygen atoms in total. The van der Waals surface area contributed by atoms with Gasteiger partial charge in [-0.1, -0.05) is 36.4 Å². The third-order valence-corrected chi connectivity index (χ3v) is 6.35. The van der Waals surface area contributed by atoms with E-state index in [9.17, 15) is 14.4 Å². The van der Waals surface area contributed by atoms with E-state index in [4.69, 9.17) is 9.15 Å². The molecule has 0 spiro atoms. The minimum absolute atomic E-state index is 0.173. The van der Waals surface area contributed by atoms with Crippen LogP contribution in [0, 0.1) is 0 Å². The van der Waals surface area contributed by atoms with Gasteiger partial charge in [0, 0.05) is 35.3 Å². The van der Waals surface area contributed by atoms with Crippen molar-refractivity contribution >= 4 is 45.7 Å². The van der Waals surface area contributed by atoms with E-state index in [1.807, 2.05) is 49.1 Å². The molecule has 2 amide bonds. The highest BCUT2D eigenvalue weighted by molar-refractivity contribution is 6.48. The molecule has 35 heavy (non-hydrogen) atoms. The van der Waals surface area contributed by atoms with Crippen LogP contribution in [0.15, 0.2) is 76.1 Å². The van der Waals surface area contributed by atoms with E-state index in [0.717, 1.165) is 16.6 Å². The second kappa shape index (κ2) is 7.80. The van der Waals surface area contributed by atoms with Crippen molar-refractivity contribution in [2.24, 2.45) is 4.99 Å². The number of carbonyl (C=O) groups is 3. The molecule has 3 aromatic rings. The maximum Gasteiger partial charge on any atom is 0.329 e. The summed E-state index contributed by atoms with van der Waals surface area (Å²) in [5.41, 5.74) is 4.16. The summed E-state index contributed by atoms with van der Waals surface area (Å²) in [6.45, 7) is 3.63. The zero-order chi connectivity index (χ0) is 24.3. The Hall–Kier alpha value is -4.46. The lowest BCUT2D eigenvalue weighted by molar-refractivity contribution is -0.148. The third kappa shape index (κ3) is 3.21. The van der Waals surface area contributed by atoms with E-state index in [0.29, 0.717) is 28.8 Å². The van der Waals surface area contributed by atoms with Gasteiger partial charge in [0.25, 0.3) is 11.8 Å². The molecule has 1 unspecified atom stereocenters. The Labute approximate surface area is 200 Å². The second-order valence-electron chi connectivity index (χ2n) is 8.88. The van der Waals surface area contributed by atoms with Crippen LogP contribution in [0.4, 0.5) is 5.69 Å². The quantitative estimate of drug-likeness (QED) is 0.466. The zero-order valence-electron chi connectivity index (χ0n) is 19.1. The number of para-hydroxylation sites is 2. The molecular weight excluding hydrogens is 446 g/mol. The third-order valence-electron chi connectivity index (χ3n) is 6.35. The summed E-state index contributed by atoms with van der Waals surface area (Å²) in [6, 6.07) is 12.4. The average molecular weight is 467 g/mol. The molecule has 3 aliphatic rings. The number of imide groups is 1. The highest BCUT2D eigenvalue weighted by Crippen LogP contribution is 2.41. The normalized spacial score (nSPS) is 18.8. The lowest BCUT2D eigenvalue weighted by Gasteiger charge is -2.23. The molecular formula is C27H21N3O5. The first-order valence-corrected chi connectivity index (χ1v) is 11.4. The van der Waals surface area contributed by atoms with Gasteiger partial charge < -0.3 is 14.1 Å². The number of esters is 1. The fourth-order valence-electron chi connectivity index (χ4n) is 4.98. The number of hydrogen-bond donors (Lipinski definition) is 1. The number of benzene rings is 2. The number of fused-ring (bicyclic) bond motifs is 1. The molecule has 8 heteroatoms. The molecule has 1 N–H and O–H groups in total. The topological polar surface area (TPSA) is 101 Å². The van der Waals surface area contributed by atoms with Crippen molar-refractivity contribution in [2.75, 3.05) is 4.90 Å². The number of nitrogens with zero attached hydrogens (tertiary/aromatic N) is 2. The zero-order valence-corrected chi connectivity index (χ0v) is 19.1. The molecule has 0 radical (unpaired) electrons. The van der Waals surface area contributed by atoms with Crippen LogP contribution in [0.25, 0.3) is 16.5 Å². The number of aliphatic imine (C=N–C) groups is 1. The Morgan fingerprint density at radius 2 is 1.86 bits per heavy atom. The maximum atomic E-state index is 13.1. The van der Waals surface area contributed by atoms with E-state index in [-0.39, 0.29) is 23.2 Å². The summed E-state index contributed by atoms with van der Waals surface area (Å²) in [4.78, 5) is 45.4. The molecule has 2 aromatic carbocycles. The van der Waals surface area contributed by atoms with Gasteiger partial charge >= 0.3 is 5.97 Å². The highest BCUT2D eigenvalue weighted by Gasteiger charge is 2.41. The monoisotopic (exact) mass is 467 g/mol. The van der Waals surface area contributed by atoms with Gasteiger partial charge in [0.05, 0.1) is 34.9 Å². The largest absolute Gasteiger partial charge is 0.464 e. The van der Waals surface area contributed by atoms with Gasteiger partial charge in [-0.25, -0.2) is 4.79 Å². The van der Waals surface area contributed by atoms with Crippen LogP contribution in [-0.2, 0) is 25.5 Å². The van der Waals surface area contributed by atoms with E-state index in [1.54, 1.807) is 30.8 Å². The first-order valence-electron chi connectivity index (χ1n) is 11.4. The maximum absolute atomic E-state index is 13.1. The summed E-state index contributed by atoms with van der Waals surface area (Å²) >= 11 is 0. The molecule has 0 bridgehead atoms. The number of furan rings is 1. The smallest absolute Gasteiger partial charge is 0.329 e. The Kier molecular flexibility index (Phi) is 4.70. The Balaban J connectivity index is 1.53. The van der Waals surface area contributed by atoms with Crippen molar-refractivity contribution in [1.82, 2.24) is 5.32 Å². The van der Waals surface area contributed by atoms with Crippen molar-refractivity contribution in [2.45, 2.75) is 32.4 Å². The van der Waals surface area contributed by atoms with Gasteiger partial charge in [0.2, 0.25) is 0 Å². The SMILES string of the molecule is CC(C)OC(=O)C1Cc2cccc3c2N1C=CN=C3C1=C(c2cccc3ccoc23)C(=O)NC1=O. The molecule has 0 aliphatic carbocycles. The van der Waals surface area contributed by atoms with Gasteiger partial charge in [-0.3, -0.25) is 19.9 Å². The number of anilines is 1. The lowest BCUT2D eigenvalue weighted by atomic mass is 9.92. The van der Waals surface area contributed by atoms with Gasteiger partial charge in [0.1, 0.15) is 11.6 Å². The summed E-state index contributed by atoms with van der Waals surface area (Å²) in [5.74, 6) is -1.36. The number of rotatable bonds is 4.